The van der Waals surface area contributed by atoms with Crippen LogP contribution in [0.15, 0.2) is 36.4 Å². The highest BCUT2D eigenvalue weighted by atomic mass is 16.1. The van der Waals surface area contributed by atoms with Crippen LogP contribution in [0.25, 0.3) is 0 Å². The van der Waals surface area contributed by atoms with Crippen LogP contribution in [0.1, 0.15) is 36.3 Å². The minimum Gasteiger partial charge on any atom is -0.366 e. The van der Waals surface area contributed by atoms with Gasteiger partial charge in [0.1, 0.15) is 5.82 Å². The van der Waals surface area contributed by atoms with Crippen molar-refractivity contribution in [2.45, 2.75) is 26.3 Å². The normalized spacial score (nSPS) is 11.3. The minimum absolute atomic E-state index is 0.220. The molecule has 22 heavy (non-hydrogen) atoms. The lowest BCUT2D eigenvalue weighted by Gasteiger charge is -2.11. The van der Waals surface area contributed by atoms with E-state index in [0.717, 1.165) is 6.42 Å². The van der Waals surface area contributed by atoms with E-state index < -0.39 is 0 Å². The van der Waals surface area contributed by atoms with Crippen molar-refractivity contribution < 1.29 is 4.79 Å². The van der Waals surface area contributed by atoms with Crippen LogP contribution in [-0.2, 0) is 0 Å². The van der Waals surface area contributed by atoms with E-state index >= 15 is 0 Å². The Morgan fingerprint density at radius 2 is 2.14 bits per heavy atom. The minimum atomic E-state index is -0.363. The molecule has 0 bridgehead atoms. The fourth-order valence-corrected chi connectivity index (χ4v) is 1.75. The van der Waals surface area contributed by atoms with E-state index in [4.69, 9.17) is 5.26 Å². The Kier molecular flexibility index (Phi) is 5.04. The Balaban J connectivity index is 2.05. The number of hydrogen-bond donors (Lipinski definition) is 2. The first-order chi connectivity index (χ1) is 10.6. The third-order valence-electron chi connectivity index (χ3n) is 3.15. The van der Waals surface area contributed by atoms with Crippen LogP contribution in [0.2, 0.25) is 0 Å². The number of carbonyl (C=O) groups is 1. The van der Waals surface area contributed by atoms with Gasteiger partial charge in [0.15, 0.2) is 5.69 Å². The maximum Gasteiger partial charge on any atom is 0.276 e. The van der Waals surface area contributed by atoms with Gasteiger partial charge in [-0.2, -0.15) is 5.26 Å². The average molecular weight is 295 g/mol. The number of aromatic nitrogens is 2. The lowest BCUT2D eigenvalue weighted by molar-refractivity contribution is 0.102. The summed E-state index contributed by atoms with van der Waals surface area (Å²) in [7, 11) is 0. The van der Waals surface area contributed by atoms with Crippen molar-refractivity contribution in [1.29, 1.82) is 5.26 Å². The van der Waals surface area contributed by atoms with Gasteiger partial charge in [-0.15, -0.1) is 10.2 Å². The molecule has 2 N–H and O–H groups in total. The summed E-state index contributed by atoms with van der Waals surface area (Å²) in [4.78, 5) is 12.1. The largest absolute Gasteiger partial charge is 0.366 e. The number of rotatable bonds is 5. The lowest BCUT2D eigenvalue weighted by atomic mass is 10.2. The van der Waals surface area contributed by atoms with E-state index in [1.807, 2.05) is 13.0 Å². The molecule has 6 nitrogen and oxygen atoms in total. The number of nitriles is 1. The van der Waals surface area contributed by atoms with Gasteiger partial charge >= 0.3 is 0 Å². The molecular formula is C16H17N5O. The zero-order valence-corrected chi connectivity index (χ0v) is 12.5. The van der Waals surface area contributed by atoms with Crippen LogP contribution in [0, 0.1) is 11.3 Å². The molecule has 1 aromatic heterocycles. The van der Waals surface area contributed by atoms with Crippen LogP contribution >= 0.6 is 0 Å². The molecule has 1 heterocycles. The Morgan fingerprint density at radius 3 is 2.77 bits per heavy atom. The number of hydrogen-bond acceptors (Lipinski definition) is 5. The fourth-order valence-electron chi connectivity index (χ4n) is 1.75. The van der Waals surface area contributed by atoms with Crippen LogP contribution in [0.4, 0.5) is 11.5 Å². The highest BCUT2D eigenvalue weighted by Crippen LogP contribution is 2.12. The van der Waals surface area contributed by atoms with Gasteiger partial charge in [-0.05, 0) is 43.7 Å². The number of nitrogens with zero attached hydrogens (tertiary/aromatic N) is 3. The summed E-state index contributed by atoms with van der Waals surface area (Å²) in [6, 6.07) is 12.3. The van der Waals surface area contributed by atoms with Crippen LogP contribution in [0.3, 0.4) is 0 Å². The van der Waals surface area contributed by atoms with Crippen molar-refractivity contribution >= 4 is 17.4 Å². The average Bonchev–Trinajstić information content (AvgIpc) is 2.55. The predicted octanol–water partition coefficient (Wildman–Crippen LogP) is 2.81. The molecule has 0 aliphatic heterocycles. The standard InChI is InChI=1S/C16H17N5O/c1-3-11(2)18-15-8-7-14(20-21-15)16(22)19-13-6-4-5-12(9-13)10-17/h4-9,11H,3H2,1-2H3,(H,18,21)(H,19,22). The quantitative estimate of drug-likeness (QED) is 0.885. The lowest BCUT2D eigenvalue weighted by Crippen LogP contribution is -2.17. The van der Waals surface area contributed by atoms with Gasteiger partial charge in [0, 0.05) is 11.7 Å². The zero-order chi connectivity index (χ0) is 15.9. The summed E-state index contributed by atoms with van der Waals surface area (Å²) in [6.45, 7) is 4.12. The Morgan fingerprint density at radius 1 is 1.32 bits per heavy atom. The van der Waals surface area contributed by atoms with E-state index in [-0.39, 0.29) is 11.6 Å². The number of carbonyl (C=O) groups excluding carboxylic acids is 1. The summed E-state index contributed by atoms with van der Waals surface area (Å²) in [5.74, 6) is 0.273. The molecule has 2 aromatic rings. The molecule has 1 aromatic carbocycles. The Hall–Kier alpha value is -2.94. The predicted molar refractivity (Wildman–Crippen MR) is 84.5 cm³/mol. The second-order valence-electron chi connectivity index (χ2n) is 4.90. The van der Waals surface area contributed by atoms with Crippen LogP contribution in [0.5, 0.6) is 0 Å². The van der Waals surface area contributed by atoms with Gasteiger partial charge in [0.2, 0.25) is 0 Å². The molecular weight excluding hydrogens is 278 g/mol. The van der Waals surface area contributed by atoms with Gasteiger partial charge in [0.25, 0.3) is 5.91 Å². The van der Waals surface area contributed by atoms with E-state index in [0.29, 0.717) is 23.1 Å². The van der Waals surface area contributed by atoms with E-state index in [1.54, 1.807) is 36.4 Å². The fraction of sp³-hybridized carbons (Fsp3) is 0.250. The van der Waals surface area contributed by atoms with Crippen molar-refractivity contribution in [3.63, 3.8) is 0 Å². The van der Waals surface area contributed by atoms with Crippen LogP contribution in [-0.4, -0.2) is 22.1 Å². The van der Waals surface area contributed by atoms with Gasteiger partial charge in [0.05, 0.1) is 11.6 Å². The first kappa shape index (κ1) is 15.4. The van der Waals surface area contributed by atoms with Crippen molar-refractivity contribution in [3.05, 3.63) is 47.7 Å². The first-order valence-electron chi connectivity index (χ1n) is 7.04. The third-order valence-corrected chi connectivity index (χ3v) is 3.15. The number of amides is 1. The summed E-state index contributed by atoms with van der Waals surface area (Å²) in [6.07, 6.45) is 0.971. The van der Waals surface area contributed by atoms with Crippen LogP contribution < -0.4 is 10.6 Å². The van der Waals surface area contributed by atoms with E-state index in [9.17, 15) is 4.79 Å². The molecule has 112 valence electrons. The molecule has 0 fully saturated rings. The molecule has 1 amide bonds. The van der Waals surface area contributed by atoms with Crippen molar-refractivity contribution in [2.24, 2.45) is 0 Å². The SMILES string of the molecule is CCC(C)Nc1ccc(C(=O)Nc2cccc(C#N)c2)nn1. The number of nitrogens with one attached hydrogen (secondary N) is 2. The molecule has 0 aliphatic rings. The third kappa shape index (κ3) is 4.03. The zero-order valence-electron chi connectivity index (χ0n) is 12.5. The summed E-state index contributed by atoms with van der Waals surface area (Å²) < 4.78 is 0. The van der Waals surface area contributed by atoms with Gasteiger partial charge < -0.3 is 10.6 Å². The van der Waals surface area contributed by atoms with Crippen molar-refractivity contribution in [3.8, 4) is 6.07 Å². The maximum atomic E-state index is 12.1. The second kappa shape index (κ2) is 7.18. The molecule has 0 saturated heterocycles. The monoisotopic (exact) mass is 295 g/mol. The summed E-state index contributed by atoms with van der Waals surface area (Å²) in [5.41, 5.74) is 1.25. The van der Waals surface area contributed by atoms with Crippen molar-refractivity contribution in [2.75, 3.05) is 10.6 Å². The molecule has 1 atom stereocenters. The van der Waals surface area contributed by atoms with Crippen molar-refractivity contribution in [1.82, 2.24) is 10.2 Å². The molecule has 0 radical (unpaired) electrons. The first-order valence-corrected chi connectivity index (χ1v) is 7.04. The van der Waals surface area contributed by atoms with E-state index in [2.05, 4.69) is 27.8 Å². The highest BCUT2D eigenvalue weighted by molar-refractivity contribution is 6.02. The molecule has 2 rings (SSSR count). The number of benzene rings is 1. The smallest absolute Gasteiger partial charge is 0.276 e. The molecule has 6 heteroatoms. The summed E-state index contributed by atoms with van der Waals surface area (Å²) in [5, 5.41) is 22.6. The molecule has 1 unspecified atom stereocenters. The second-order valence-corrected chi connectivity index (χ2v) is 4.90. The molecule has 0 saturated carbocycles. The molecule has 0 aliphatic carbocycles. The highest BCUT2D eigenvalue weighted by Gasteiger charge is 2.09. The number of anilines is 2. The van der Waals surface area contributed by atoms with Gasteiger partial charge in [-0.25, -0.2) is 0 Å². The summed E-state index contributed by atoms with van der Waals surface area (Å²) >= 11 is 0. The molecule has 0 spiro atoms. The maximum absolute atomic E-state index is 12.1. The van der Waals surface area contributed by atoms with Gasteiger partial charge in [-0.1, -0.05) is 13.0 Å². The van der Waals surface area contributed by atoms with E-state index in [1.165, 1.54) is 0 Å². The Bertz CT molecular complexity index is 690. The topological polar surface area (TPSA) is 90.7 Å². The van der Waals surface area contributed by atoms with Gasteiger partial charge in [-0.3, -0.25) is 4.79 Å². The Labute approximate surface area is 129 Å².